The summed E-state index contributed by atoms with van der Waals surface area (Å²) < 4.78 is 66.0. The van der Waals surface area contributed by atoms with E-state index in [2.05, 4.69) is 5.32 Å². The minimum absolute atomic E-state index is 0.0722. The van der Waals surface area contributed by atoms with Gasteiger partial charge in [-0.2, -0.15) is 17.5 Å². The maximum absolute atomic E-state index is 13.1. The number of amides is 1. The molecular weight excluding hydrogens is 393 g/mol. The van der Waals surface area contributed by atoms with Crippen LogP contribution >= 0.6 is 0 Å². The van der Waals surface area contributed by atoms with Gasteiger partial charge >= 0.3 is 6.18 Å². The number of rotatable bonds is 4. The minimum atomic E-state index is -4.60. The molecule has 1 amide bonds. The Morgan fingerprint density at radius 3 is 2.36 bits per heavy atom. The Labute approximate surface area is 161 Å². The van der Waals surface area contributed by atoms with E-state index in [0.29, 0.717) is 12.8 Å². The summed E-state index contributed by atoms with van der Waals surface area (Å²) >= 11 is 0. The number of carbonyl (C=O) groups is 1. The normalized spacial score (nSPS) is 18.6. The molecule has 1 heterocycles. The molecule has 1 atom stereocenters. The Bertz CT molecular complexity index is 946. The summed E-state index contributed by atoms with van der Waals surface area (Å²) in [6.07, 6.45) is -3.75. The quantitative estimate of drug-likeness (QED) is 0.832. The molecule has 9 heteroatoms. The fourth-order valence-electron chi connectivity index (χ4n) is 3.19. The van der Waals surface area contributed by atoms with Crippen molar-refractivity contribution in [3.8, 4) is 0 Å². The summed E-state index contributed by atoms with van der Waals surface area (Å²) in [5.74, 6) is -1.35. The Kier molecular flexibility index (Phi) is 5.76. The Morgan fingerprint density at radius 1 is 1.04 bits per heavy atom. The van der Waals surface area contributed by atoms with Gasteiger partial charge in [-0.3, -0.25) is 4.79 Å². The van der Waals surface area contributed by atoms with Crippen molar-refractivity contribution >= 4 is 21.6 Å². The summed E-state index contributed by atoms with van der Waals surface area (Å²) in [6.45, 7) is 0.192. The number of sulfonamides is 1. The maximum Gasteiger partial charge on any atom is 0.418 e. The highest BCUT2D eigenvalue weighted by molar-refractivity contribution is 7.89. The number of hydrogen-bond acceptors (Lipinski definition) is 3. The zero-order valence-corrected chi connectivity index (χ0v) is 15.6. The van der Waals surface area contributed by atoms with E-state index in [1.807, 2.05) is 0 Å². The molecule has 150 valence electrons. The van der Waals surface area contributed by atoms with E-state index in [4.69, 9.17) is 0 Å². The summed E-state index contributed by atoms with van der Waals surface area (Å²) in [6, 6.07) is 12.6. The van der Waals surface area contributed by atoms with Gasteiger partial charge in [0.15, 0.2) is 0 Å². The van der Waals surface area contributed by atoms with Crippen LogP contribution in [0.15, 0.2) is 59.5 Å². The molecule has 1 aliphatic rings. The van der Waals surface area contributed by atoms with Crippen LogP contribution in [0.3, 0.4) is 0 Å². The summed E-state index contributed by atoms with van der Waals surface area (Å²) in [4.78, 5) is 12.7. The first-order chi connectivity index (χ1) is 13.2. The van der Waals surface area contributed by atoms with E-state index in [9.17, 15) is 26.4 Å². The zero-order chi connectivity index (χ0) is 20.4. The molecule has 1 N–H and O–H groups in total. The molecule has 0 unspecified atom stereocenters. The lowest BCUT2D eigenvalue weighted by Gasteiger charge is -2.31. The highest BCUT2D eigenvalue weighted by Crippen LogP contribution is 2.35. The van der Waals surface area contributed by atoms with Crippen molar-refractivity contribution < 1.29 is 26.4 Å². The number of anilines is 1. The smallest absolute Gasteiger partial charge is 0.325 e. The highest BCUT2D eigenvalue weighted by atomic mass is 32.2. The van der Waals surface area contributed by atoms with Crippen molar-refractivity contribution in [3.63, 3.8) is 0 Å². The molecule has 2 aromatic carbocycles. The maximum atomic E-state index is 13.1. The van der Waals surface area contributed by atoms with Gasteiger partial charge in [-0.05, 0) is 37.1 Å². The second kappa shape index (κ2) is 7.92. The van der Waals surface area contributed by atoms with Crippen molar-refractivity contribution in [1.82, 2.24) is 4.31 Å². The third kappa shape index (κ3) is 4.36. The summed E-state index contributed by atoms with van der Waals surface area (Å²) in [5.41, 5.74) is -1.27. The SMILES string of the molecule is O=C(Nc1ccccc1C(F)(F)F)[C@@H]1CCCN(S(=O)(=O)c2ccccc2)C1. The number of piperidine rings is 1. The van der Waals surface area contributed by atoms with Crippen LogP contribution in [-0.4, -0.2) is 31.7 Å². The van der Waals surface area contributed by atoms with Gasteiger partial charge in [-0.1, -0.05) is 30.3 Å². The van der Waals surface area contributed by atoms with Gasteiger partial charge in [0.25, 0.3) is 0 Å². The fraction of sp³-hybridized carbons (Fsp3) is 0.316. The minimum Gasteiger partial charge on any atom is -0.325 e. The van der Waals surface area contributed by atoms with Crippen molar-refractivity contribution in [2.45, 2.75) is 23.9 Å². The lowest BCUT2D eigenvalue weighted by Crippen LogP contribution is -2.43. The molecule has 0 aliphatic carbocycles. The van der Waals surface area contributed by atoms with E-state index >= 15 is 0 Å². The van der Waals surface area contributed by atoms with Crippen LogP contribution in [0.25, 0.3) is 0 Å². The Balaban J connectivity index is 1.76. The van der Waals surface area contributed by atoms with E-state index in [-0.39, 0.29) is 23.7 Å². The molecule has 0 saturated carbocycles. The molecule has 0 aromatic heterocycles. The third-order valence-electron chi connectivity index (χ3n) is 4.63. The number of nitrogens with zero attached hydrogens (tertiary/aromatic N) is 1. The van der Waals surface area contributed by atoms with Crippen LogP contribution in [0.5, 0.6) is 0 Å². The lowest BCUT2D eigenvalue weighted by molar-refractivity contribution is -0.137. The van der Waals surface area contributed by atoms with Crippen molar-refractivity contribution in [2.24, 2.45) is 5.92 Å². The average molecular weight is 412 g/mol. The number of halogens is 3. The van der Waals surface area contributed by atoms with Crippen molar-refractivity contribution in [3.05, 3.63) is 60.2 Å². The predicted octanol–water partition coefficient (Wildman–Crippen LogP) is 3.74. The molecule has 0 radical (unpaired) electrons. The second-order valence-electron chi connectivity index (χ2n) is 6.55. The third-order valence-corrected chi connectivity index (χ3v) is 6.51. The van der Waals surface area contributed by atoms with Gasteiger partial charge in [-0.25, -0.2) is 8.42 Å². The standard InChI is InChI=1S/C19H19F3N2O3S/c20-19(21,22)16-10-4-5-11-17(16)23-18(25)14-7-6-12-24(13-14)28(26,27)15-8-2-1-3-9-15/h1-5,8-11,14H,6-7,12-13H2,(H,23,25)/t14-/m1/s1. The Morgan fingerprint density at radius 2 is 1.68 bits per heavy atom. The number of alkyl halides is 3. The average Bonchev–Trinajstić information content (AvgIpc) is 2.68. The molecule has 0 spiro atoms. The largest absolute Gasteiger partial charge is 0.418 e. The Hall–Kier alpha value is -2.39. The van der Waals surface area contributed by atoms with Crippen LogP contribution in [0.1, 0.15) is 18.4 Å². The van der Waals surface area contributed by atoms with Crippen molar-refractivity contribution in [1.29, 1.82) is 0 Å². The number of nitrogens with one attached hydrogen (secondary N) is 1. The van der Waals surface area contributed by atoms with Crippen LogP contribution < -0.4 is 5.32 Å². The first-order valence-electron chi connectivity index (χ1n) is 8.72. The fourth-order valence-corrected chi connectivity index (χ4v) is 4.74. The topological polar surface area (TPSA) is 66.5 Å². The van der Waals surface area contributed by atoms with Gasteiger partial charge in [0.2, 0.25) is 15.9 Å². The molecule has 1 saturated heterocycles. The first kappa shape index (κ1) is 20.3. The molecule has 1 fully saturated rings. The van der Waals surface area contributed by atoms with Gasteiger partial charge in [-0.15, -0.1) is 0 Å². The molecule has 5 nitrogen and oxygen atoms in total. The molecule has 0 bridgehead atoms. The summed E-state index contributed by atoms with van der Waals surface area (Å²) in [7, 11) is -3.76. The molecule has 1 aliphatic heterocycles. The van der Waals surface area contributed by atoms with E-state index in [1.54, 1.807) is 18.2 Å². The monoisotopic (exact) mass is 412 g/mol. The highest BCUT2D eigenvalue weighted by Gasteiger charge is 2.36. The van der Waals surface area contributed by atoms with Crippen molar-refractivity contribution in [2.75, 3.05) is 18.4 Å². The van der Waals surface area contributed by atoms with Crippen LogP contribution in [0.2, 0.25) is 0 Å². The van der Waals surface area contributed by atoms with E-state index in [0.717, 1.165) is 6.07 Å². The summed E-state index contributed by atoms with van der Waals surface area (Å²) in [5, 5.41) is 2.32. The molecular formula is C19H19F3N2O3S. The van der Waals surface area contributed by atoms with Gasteiger partial charge in [0.1, 0.15) is 0 Å². The van der Waals surface area contributed by atoms with Crippen LogP contribution in [-0.2, 0) is 21.0 Å². The number of carbonyl (C=O) groups excluding carboxylic acids is 1. The van der Waals surface area contributed by atoms with Crippen LogP contribution in [0.4, 0.5) is 18.9 Å². The zero-order valence-electron chi connectivity index (χ0n) is 14.8. The second-order valence-corrected chi connectivity index (χ2v) is 8.49. The van der Waals surface area contributed by atoms with E-state index in [1.165, 1.54) is 34.6 Å². The van der Waals surface area contributed by atoms with Gasteiger partial charge in [0.05, 0.1) is 22.1 Å². The first-order valence-corrected chi connectivity index (χ1v) is 10.2. The lowest BCUT2D eigenvalue weighted by atomic mass is 9.98. The molecule has 3 rings (SSSR count). The van der Waals surface area contributed by atoms with E-state index < -0.39 is 33.6 Å². The molecule has 2 aromatic rings. The predicted molar refractivity (Wildman–Crippen MR) is 98.0 cm³/mol. The van der Waals surface area contributed by atoms with Crippen LogP contribution in [0, 0.1) is 5.92 Å². The number of hydrogen-bond donors (Lipinski definition) is 1. The molecule has 28 heavy (non-hydrogen) atoms. The number of benzene rings is 2. The number of para-hydroxylation sites is 1. The van der Waals surface area contributed by atoms with Gasteiger partial charge < -0.3 is 5.32 Å². The van der Waals surface area contributed by atoms with Gasteiger partial charge in [0, 0.05) is 13.1 Å².